The summed E-state index contributed by atoms with van der Waals surface area (Å²) in [5.41, 5.74) is 2.39. The van der Waals surface area contributed by atoms with E-state index < -0.39 is 26.6 Å². The van der Waals surface area contributed by atoms with Crippen molar-refractivity contribution in [2.24, 2.45) is 0 Å². The SMILES string of the molecule is O=S(=O)(NCCc1cscn1)c1c(F)cc(F)cc1Br. The van der Waals surface area contributed by atoms with Gasteiger partial charge in [-0.05, 0) is 22.0 Å². The molecule has 9 heteroatoms. The van der Waals surface area contributed by atoms with Gasteiger partial charge in [0.25, 0.3) is 0 Å². The molecule has 0 spiro atoms. The number of rotatable bonds is 5. The maximum Gasteiger partial charge on any atom is 0.244 e. The largest absolute Gasteiger partial charge is 0.250 e. The first-order valence-corrected chi connectivity index (χ1v) is 8.63. The Hall–Kier alpha value is -0.900. The number of nitrogens with one attached hydrogen (secondary N) is 1. The molecule has 108 valence electrons. The second-order valence-corrected chi connectivity index (χ2v) is 7.10. The molecule has 2 aromatic rings. The first-order chi connectivity index (χ1) is 9.40. The lowest BCUT2D eigenvalue weighted by molar-refractivity contribution is 0.540. The van der Waals surface area contributed by atoms with Gasteiger partial charge in [0.15, 0.2) is 0 Å². The van der Waals surface area contributed by atoms with Crippen LogP contribution < -0.4 is 4.72 Å². The molecule has 0 fully saturated rings. The fourth-order valence-electron chi connectivity index (χ4n) is 1.53. The minimum Gasteiger partial charge on any atom is -0.250 e. The molecule has 0 bridgehead atoms. The molecule has 0 atom stereocenters. The Morgan fingerprint density at radius 2 is 2.10 bits per heavy atom. The van der Waals surface area contributed by atoms with E-state index in [4.69, 9.17) is 0 Å². The van der Waals surface area contributed by atoms with Crippen LogP contribution in [0.2, 0.25) is 0 Å². The third-order valence-corrected chi connectivity index (χ3v) is 5.45. The Morgan fingerprint density at radius 3 is 2.70 bits per heavy atom. The van der Waals surface area contributed by atoms with E-state index in [0.29, 0.717) is 12.5 Å². The predicted molar refractivity (Wildman–Crippen MR) is 75.1 cm³/mol. The van der Waals surface area contributed by atoms with Gasteiger partial charge in [-0.15, -0.1) is 11.3 Å². The molecule has 0 amide bonds. The molecule has 0 radical (unpaired) electrons. The van der Waals surface area contributed by atoms with E-state index in [1.54, 1.807) is 10.9 Å². The highest BCUT2D eigenvalue weighted by molar-refractivity contribution is 9.10. The minimum absolute atomic E-state index is 0.0787. The summed E-state index contributed by atoms with van der Waals surface area (Å²) in [6.07, 6.45) is 0.392. The van der Waals surface area contributed by atoms with Crippen LogP contribution in [0.5, 0.6) is 0 Å². The summed E-state index contributed by atoms with van der Waals surface area (Å²) >= 11 is 4.26. The van der Waals surface area contributed by atoms with Crippen LogP contribution in [-0.2, 0) is 16.4 Å². The van der Waals surface area contributed by atoms with Crippen LogP contribution in [0.3, 0.4) is 0 Å². The summed E-state index contributed by atoms with van der Waals surface area (Å²) in [6.45, 7) is 0.0787. The Labute approximate surface area is 127 Å². The fourth-order valence-corrected chi connectivity index (χ4v) is 4.32. The number of nitrogens with zero attached hydrogens (tertiary/aromatic N) is 1. The zero-order valence-electron chi connectivity index (χ0n) is 9.94. The number of aromatic nitrogens is 1. The third kappa shape index (κ3) is 3.60. The minimum atomic E-state index is -4.05. The van der Waals surface area contributed by atoms with E-state index in [2.05, 4.69) is 25.6 Å². The van der Waals surface area contributed by atoms with Crippen molar-refractivity contribution >= 4 is 37.3 Å². The van der Waals surface area contributed by atoms with Crippen LogP contribution in [0.4, 0.5) is 8.78 Å². The van der Waals surface area contributed by atoms with Gasteiger partial charge in [-0.25, -0.2) is 26.9 Å². The van der Waals surface area contributed by atoms with Crippen molar-refractivity contribution in [3.63, 3.8) is 0 Å². The van der Waals surface area contributed by atoms with Crippen LogP contribution >= 0.6 is 27.3 Å². The quantitative estimate of drug-likeness (QED) is 0.864. The number of halogens is 3. The average Bonchev–Trinajstić information content (AvgIpc) is 2.79. The van der Waals surface area contributed by atoms with Gasteiger partial charge >= 0.3 is 0 Å². The lowest BCUT2D eigenvalue weighted by Gasteiger charge is -2.09. The topological polar surface area (TPSA) is 59.1 Å². The van der Waals surface area contributed by atoms with Crippen LogP contribution in [0.25, 0.3) is 0 Å². The molecule has 1 N–H and O–H groups in total. The summed E-state index contributed by atoms with van der Waals surface area (Å²) in [5, 5.41) is 1.79. The van der Waals surface area contributed by atoms with Crippen molar-refractivity contribution in [2.75, 3.05) is 6.54 Å². The van der Waals surface area contributed by atoms with E-state index in [1.165, 1.54) is 11.3 Å². The number of hydrogen-bond donors (Lipinski definition) is 1. The molecule has 1 aromatic heterocycles. The van der Waals surface area contributed by atoms with Crippen molar-refractivity contribution in [3.05, 3.63) is 44.8 Å². The van der Waals surface area contributed by atoms with Crippen molar-refractivity contribution in [2.45, 2.75) is 11.3 Å². The van der Waals surface area contributed by atoms with Gasteiger partial charge < -0.3 is 0 Å². The van der Waals surface area contributed by atoms with Crippen LogP contribution in [-0.4, -0.2) is 19.9 Å². The lowest BCUT2D eigenvalue weighted by atomic mass is 10.3. The van der Waals surface area contributed by atoms with Gasteiger partial charge in [0.05, 0.1) is 11.2 Å². The summed E-state index contributed by atoms with van der Waals surface area (Å²) in [4.78, 5) is 3.41. The summed E-state index contributed by atoms with van der Waals surface area (Å²) in [5.74, 6) is -1.99. The first-order valence-electron chi connectivity index (χ1n) is 5.41. The molecule has 1 aromatic carbocycles. The van der Waals surface area contributed by atoms with E-state index in [9.17, 15) is 17.2 Å². The van der Waals surface area contributed by atoms with E-state index in [0.717, 1.165) is 11.8 Å². The van der Waals surface area contributed by atoms with Crippen molar-refractivity contribution in [1.29, 1.82) is 0 Å². The maximum atomic E-state index is 13.6. The second kappa shape index (κ2) is 6.25. The Kier molecular flexibility index (Phi) is 4.84. The Bertz CT molecular complexity index is 682. The maximum absolute atomic E-state index is 13.6. The molecular weight excluding hydrogens is 374 g/mol. The van der Waals surface area contributed by atoms with Crippen molar-refractivity contribution < 1.29 is 17.2 Å². The highest BCUT2D eigenvalue weighted by Gasteiger charge is 2.23. The van der Waals surface area contributed by atoms with Crippen molar-refractivity contribution in [3.8, 4) is 0 Å². The van der Waals surface area contributed by atoms with E-state index in [-0.39, 0.29) is 11.0 Å². The second-order valence-electron chi connectivity index (χ2n) is 3.83. The van der Waals surface area contributed by atoms with Gasteiger partial charge in [0.2, 0.25) is 10.0 Å². The van der Waals surface area contributed by atoms with Gasteiger partial charge in [-0.1, -0.05) is 0 Å². The molecule has 4 nitrogen and oxygen atoms in total. The van der Waals surface area contributed by atoms with Crippen molar-refractivity contribution in [1.82, 2.24) is 9.71 Å². The smallest absolute Gasteiger partial charge is 0.244 e. The third-order valence-electron chi connectivity index (χ3n) is 2.39. The molecular formula is C11H9BrF2N2O2S2. The molecule has 0 aliphatic heterocycles. The molecule has 20 heavy (non-hydrogen) atoms. The molecule has 0 saturated carbocycles. The van der Waals surface area contributed by atoms with Gasteiger partial charge in [0, 0.05) is 28.9 Å². The Morgan fingerprint density at radius 1 is 1.35 bits per heavy atom. The monoisotopic (exact) mass is 382 g/mol. The summed E-state index contributed by atoms with van der Waals surface area (Å²) in [7, 11) is -4.05. The molecule has 0 unspecified atom stereocenters. The van der Waals surface area contributed by atoms with E-state index >= 15 is 0 Å². The van der Waals surface area contributed by atoms with E-state index in [1.807, 2.05) is 0 Å². The average molecular weight is 383 g/mol. The standard InChI is InChI=1S/C11H9BrF2N2O2S2/c12-9-3-7(13)4-10(14)11(9)20(17,18)16-2-1-8-5-19-6-15-8/h3-6,16H,1-2H2. The molecule has 1 heterocycles. The zero-order valence-corrected chi connectivity index (χ0v) is 13.2. The van der Waals surface area contributed by atoms with Crippen LogP contribution in [0.15, 0.2) is 32.4 Å². The summed E-state index contributed by atoms with van der Waals surface area (Å²) < 4.78 is 52.6. The number of sulfonamides is 1. The number of benzene rings is 1. The lowest BCUT2D eigenvalue weighted by Crippen LogP contribution is -2.27. The molecule has 0 aliphatic carbocycles. The zero-order chi connectivity index (χ0) is 14.8. The van der Waals surface area contributed by atoms with Gasteiger partial charge in [-0.2, -0.15) is 0 Å². The highest BCUT2D eigenvalue weighted by Crippen LogP contribution is 2.26. The van der Waals surface area contributed by atoms with Crippen LogP contribution in [0, 0.1) is 11.6 Å². The van der Waals surface area contributed by atoms with Gasteiger partial charge in [-0.3, -0.25) is 0 Å². The highest BCUT2D eigenvalue weighted by atomic mass is 79.9. The fraction of sp³-hybridized carbons (Fsp3) is 0.182. The summed E-state index contributed by atoms with van der Waals surface area (Å²) in [6, 6.07) is 1.43. The molecule has 0 saturated heterocycles. The molecule has 2 rings (SSSR count). The number of thiazole rings is 1. The number of hydrogen-bond acceptors (Lipinski definition) is 4. The normalized spacial score (nSPS) is 11.8. The predicted octanol–water partition coefficient (Wildman–Crippen LogP) is 2.70. The molecule has 0 aliphatic rings. The van der Waals surface area contributed by atoms with Gasteiger partial charge in [0.1, 0.15) is 16.5 Å². The first kappa shape index (κ1) is 15.5. The van der Waals surface area contributed by atoms with Crippen LogP contribution in [0.1, 0.15) is 5.69 Å². The Balaban J connectivity index is 2.14.